The Bertz CT molecular complexity index is 1310. The monoisotopic (exact) mass is 495 g/mol. The van der Waals surface area contributed by atoms with Crippen LogP contribution in [0.4, 0.5) is 24.7 Å². The molecule has 1 saturated heterocycles. The van der Waals surface area contributed by atoms with E-state index in [1.165, 1.54) is 24.4 Å². The zero-order valence-corrected chi connectivity index (χ0v) is 18.8. The lowest BCUT2D eigenvalue weighted by molar-refractivity contribution is -0.143. The molecule has 2 N–H and O–H groups in total. The van der Waals surface area contributed by atoms with Gasteiger partial charge in [-0.25, -0.2) is 14.8 Å². The third-order valence-corrected chi connectivity index (χ3v) is 5.81. The molecular formula is C22H21ClF3N5O3. The highest BCUT2D eigenvalue weighted by Crippen LogP contribution is 2.38. The molecule has 1 atom stereocenters. The van der Waals surface area contributed by atoms with E-state index in [0.29, 0.717) is 24.5 Å². The molecule has 0 aromatic carbocycles. The summed E-state index contributed by atoms with van der Waals surface area (Å²) in [6.45, 7) is 2.88. The molecule has 3 aromatic heterocycles. The van der Waals surface area contributed by atoms with Gasteiger partial charge in [-0.3, -0.25) is 9.20 Å². The predicted molar refractivity (Wildman–Crippen MR) is 121 cm³/mol. The molecule has 0 amide bonds. The van der Waals surface area contributed by atoms with Gasteiger partial charge in [0.15, 0.2) is 11.7 Å². The number of fused-ring (bicyclic) bond motifs is 1. The molecule has 8 nitrogen and oxygen atoms in total. The molecule has 180 valence electrons. The number of hydrogen-bond acceptors (Lipinski definition) is 6. The highest BCUT2D eigenvalue weighted by molar-refractivity contribution is 6.29. The number of anilines is 2. The lowest BCUT2D eigenvalue weighted by Gasteiger charge is -2.29. The first-order chi connectivity index (χ1) is 16.0. The summed E-state index contributed by atoms with van der Waals surface area (Å²) in [4.78, 5) is 34.4. The van der Waals surface area contributed by atoms with Gasteiger partial charge in [-0.15, -0.1) is 0 Å². The fourth-order valence-electron chi connectivity index (χ4n) is 4.06. The molecule has 1 fully saturated rings. The SMILES string of the molecule is Cc1cc([C@H](Nc2ccc(Cl)nc2C(=O)O)C(F)(F)F)c2nc(N3CCCCC3)cc(=O)n2c1. The van der Waals surface area contributed by atoms with Crippen molar-refractivity contribution in [1.82, 2.24) is 14.4 Å². The van der Waals surface area contributed by atoms with Gasteiger partial charge in [0.25, 0.3) is 5.56 Å². The Morgan fingerprint density at radius 3 is 2.53 bits per heavy atom. The molecule has 1 aliphatic heterocycles. The zero-order chi connectivity index (χ0) is 24.6. The number of nitrogens with zero attached hydrogens (tertiary/aromatic N) is 4. The fraction of sp³-hybridized carbons (Fsp3) is 0.364. The third kappa shape index (κ3) is 4.79. The highest BCUT2D eigenvalue weighted by Gasteiger charge is 2.43. The van der Waals surface area contributed by atoms with Crippen molar-refractivity contribution >= 4 is 34.7 Å². The highest BCUT2D eigenvalue weighted by atomic mass is 35.5. The van der Waals surface area contributed by atoms with E-state index in [1.807, 2.05) is 4.90 Å². The first-order valence-electron chi connectivity index (χ1n) is 10.6. The van der Waals surface area contributed by atoms with Gasteiger partial charge in [0.2, 0.25) is 0 Å². The number of pyridine rings is 2. The quantitative estimate of drug-likeness (QED) is 0.504. The van der Waals surface area contributed by atoms with Crippen LogP contribution in [0.3, 0.4) is 0 Å². The van der Waals surface area contributed by atoms with Gasteiger partial charge < -0.3 is 15.3 Å². The maximum Gasteiger partial charge on any atom is 0.412 e. The standard InChI is InChI=1S/C22H21ClF3N5O3/c1-12-9-13(19(22(24,25)26)27-14-5-6-15(23)28-18(14)21(33)34)20-29-16(10-17(32)31(20)11-12)30-7-3-2-4-8-30/h5-6,9-11,19,27H,2-4,7-8H2,1H3,(H,33,34)/t19-/m0/s1. The zero-order valence-electron chi connectivity index (χ0n) is 18.1. The van der Waals surface area contributed by atoms with E-state index in [1.54, 1.807) is 6.92 Å². The fourth-order valence-corrected chi connectivity index (χ4v) is 4.21. The van der Waals surface area contributed by atoms with E-state index in [0.717, 1.165) is 29.7 Å². The van der Waals surface area contributed by atoms with Crippen molar-refractivity contribution in [3.8, 4) is 0 Å². The van der Waals surface area contributed by atoms with Gasteiger partial charge >= 0.3 is 12.1 Å². The van der Waals surface area contributed by atoms with E-state index < -0.39 is 29.4 Å². The second kappa shape index (κ2) is 9.13. The van der Waals surface area contributed by atoms with Crippen LogP contribution in [0.5, 0.6) is 0 Å². The minimum absolute atomic E-state index is 0.160. The number of carbonyl (C=O) groups is 1. The molecule has 3 aromatic rings. The smallest absolute Gasteiger partial charge is 0.412 e. The minimum Gasteiger partial charge on any atom is -0.476 e. The Hall–Kier alpha value is -3.34. The maximum atomic E-state index is 14.3. The van der Waals surface area contributed by atoms with Gasteiger partial charge in [0.1, 0.15) is 16.6 Å². The van der Waals surface area contributed by atoms with Gasteiger partial charge in [-0.05, 0) is 49.9 Å². The van der Waals surface area contributed by atoms with E-state index in [9.17, 15) is 27.9 Å². The normalized spacial score (nSPS) is 15.4. The number of aromatic nitrogens is 3. The first-order valence-corrected chi connectivity index (χ1v) is 10.9. The number of alkyl halides is 3. The molecule has 12 heteroatoms. The summed E-state index contributed by atoms with van der Waals surface area (Å²) in [5, 5.41) is 11.5. The Morgan fingerprint density at radius 2 is 1.88 bits per heavy atom. The molecule has 0 aliphatic carbocycles. The topological polar surface area (TPSA) is 99.8 Å². The number of carboxylic acid groups (broad SMARTS) is 1. The van der Waals surface area contributed by atoms with Crippen molar-refractivity contribution in [2.75, 3.05) is 23.3 Å². The second-order valence-electron chi connectivity index (χ2n) is 8.12. The largest absolute Gasteiger partial charge is 0.476 e. The average molecular weight is 496 g/mol. The van der Waals surface area contributed by atoms with Crippen molar-refractivity contribution in [3.63, 3.8) is 0 Å². The lowest BCUT2D eigenvalue weighted by Crippen LogP contribution is -2.33. The summed E-state index contributed by atoms with van der Waals surface area (Å²) in [7, 11) is 0. The molecular weight excluding hydrogens is 475 g/mol. The summed E-state index contributed by atoms with van der Waals surface area (Å²) in [6, 6.07) is 2.55. The van der Waals surface area contributed by atoms with E-state index >= 15 is 0 Å². The lowest BCUT2D eigenvalue weighted by atomic mass is 10.0. The first kappa shape index (κ1) is 23.8. The van der Waals surface area contributed by atoms with Gasteiger partial charge in [-0.2, -0.15) is 13.2 Å². The number of halogens is 4. The minimum atomic E-state index is -4.86. The van der Waals surface area contributed by atoms with E-state index in [4.69, 9.17) is 11.6 Å². The Labute approximate surface area is 197 Å². The van der Waals surface area contributed by atoms with Crippen LogP contribution < -0.4 is 15.8 Å². The summed E-state index contributed by atoms with van der Waals surface area (Å²) in [5.41, 5.74) is -1.59. The molecule has 4 rings (SSSR count). The van der Waals surface area contributed by atoms with Crippen LogP contribution in [0, 0.1) is 6.92 Å². The van der Waals surface area contributed by atoms with Gasteiger partial charge in [0.05, 0.1) is 5.69 Å². The Morgan fingerprint density at radius 1 is 1.18 bits per heavy atom. The van der Waals surface area contributed by atoms with Crippen LogP contribution in [0.25, 0.3) is 5.65 Å². The number of rotatable bonds is 5. The number of nitrogens with one attached hydrogen (secondary N) is 1. The molecule has 0 spiro atoms. The molecule has 0 bridgehead atoms. The van der Waals surface area contributed by atoms with E-state index in [-0.39, 0.29) is 22.1 Å². The van der Waals surface area contributed by atoms with Crippen LogP contribution in [0.15, 0.2) is 35.3 Å². The molecule has 1 aliphatic rings. The van der Waals surface area contributed by atoms with Crippen LogP contribution in [0.1, 0.15) is 46.9 Å². The van der Waals surface area contributed by atoms with Gasteiger partial charge in [-0.1, -0.05) is 11.6 Å². The number of aromatic carboxylic acids is 1. The summed E-state index contributed by atoms with van der Waals surface area (Å²) in [5.74, 6) is -1.23. The average Bonchev–Trinajstić information content (AvgIpc) is 2.78. The second-order valence-corrected chi connectivity index (χ2v) is 8.51. The van der Waals surface area contributed by atoms with E-state index in [2.05, 4.69) is 15.3 Å². The van der Waals surface area contributed by atoms with Gasteiger partial charge in [0, 0.05) is 30.9 Å². The van der Waals surface area contributed by atoms with Crippen molar-refractivity contribution in [2.24, 2.45) is 0 Å². The van der Waals surface area contributed by atoms with Crippen molar-refractivity contribution in [2.45, 2.75) is 38.4 Å². The van der Waals surface area contributed by atoms with Crippen LogP contribution >= 0.6 is 11.6 Å². The molecule has 34 heavy (non-hydrogen) atoms. The molecule has 0 radical (unpaired) electrons. The third-order valence-electron chi connectivity index (χ3n) is 5.59. The molecule has 0 saturated carbocycles. The number of carboxylic acids is 1. The van der Waals surface area contributed by atoms with Crippen molar-refractivity contribution in [3.05, 3.63) is 62.8 Å². The number of hydrogen-bond donors (Lipinski definition) is 2. The van der Waals surface area contributed by atoms with Crippen molar-refractivity contribution in [1.29, 1.82) is 0 Å². The summed E-state index contributed by atoms with van der Waals surface area (Å²) >= 11 is 5.73. The number of piperidine rings is 1. The van der Waals surface area contributed by atoms with Crippen molar-refractivity contribution < 1.29 is 23.1 Å². The summed E-state index contributed by atoms with van der Waals surface area (Å²) < 4.78 is 44.1. The predicted octanol–water partition coefficient (Wildman–Crippen LogP) is 4.46. The van der Waals surface area contributed by atoms with Crippen LogP contribution in [0.2, 0.25) is 5.15 Å². The van der Waals surface area contributed by atoms with Crippen LogP contribution in [-0.2, 0) is 0 Å². The van der Waals surface area contributed by atoms with Crippen LogP contribution in [-0.4, -0.2) is 44.7 Å². The number of aryl methyl sites for hydroxylation is 1. The molecule has 4 heterocycles. The maximum absolute atomic E-state index is 14.3. The summed E-state index contributed by atoms with van der Waals surface area (Å²) in [6.07, 6.45) is -0.600. The Kier molecular flexibility index (Phi) is 6.39. The molecule has 0 unspecified atom stereocenters. The Balaban J connectivity index is 1.90.